The summed E-state index contributed by atoms with van der Waals surface area (Å²) in [6, 6.07) is 15.6. The summed E-state index contributed by atoms with van der Waals surface area (Å²) in [7, 11) is 0. The highest BCUT2D eigenvalue weighted by molar-refractivity contribution is 5.94. The van der Waals surface area contributed by atoms with Gasteiger partial charge in [0.25, 0.3) is 0 Å². The number of ketones is 1. The average molecular weight is 255 g/mol. The van der Waals surface area contributed by atoms with Crippen LogP contribution in [0, 0.1) is 0 Å². The molecular formula is C16H17NO2. The van der Waals surface area contributed by atoms with Crippen molar-refractivity contribution in [3.63, 3.8) is 0 Å². The van der Waals surface area contributed by atoms with Crippen molar-refractivity contribution in [2.75, 3.05) is 18.5 Å². The molecule has 0 unspecified atom stereocenters. The van der Waals surface area contributed by atoms with Crippen LogP contribution in [0.4, 0.5) is 5.69 Å². The smallest absolute Gasteiger partial charge is 0.159 e. The molecule has 2 aromatic rings. The van der Waals surface area contributed by atoms with Gasteiger partial charge in [0, 0.05) is 17.8 Å². The second kappa shape index (κ2) is 6.16. The first-order valence-electron chi connectivity index (χ1n) is 6.27. The minimum Gasteiger partial charge on any atom is -0.395 e. The second-order valence-electron chi connectivity index (χ2n) is 4.36. The van der Waals surface area contributed by atoms with E-state index < -0.39 is 0 Å². The molecule has 3 nitrogen and oxygen atoms in total. The molecule has 0 aliphatic heterocycles. The van der Waals surface area contributed by atoms with Crippen molar-refractivity contribution in [1.29, 1.82) is 0 Å². The SMILES string of the molecule is CC(=O)c1ccc(-c2ccc(NCCO)cc2)cc1. The maximum atomic E-state index is 11.2. The first kappa shape index (κ1) is 13.3. The molecule has 0 bridgehead atoms. The zero-order valence-corrected chi connectivity index (χ0v) is 10.9. The molecule has 0 amide bonds. The van der Waals surface area contributed by atoms with Crippen molar-refractivity contribution in [3.05, 3.63) is 54.1 Å². The molecule has 0 aliphatic carbocycles. The number of carbonyl (C=O) groups excluding carboxylic acids is 1. The van der Waals surface area contributed by atoms with Gasteiger partial charge in [-0.2, -0.15) is 0 Å². The van der Waals surface area contributed by atoms with Gasteiger partial charge in [-0.1, -0.05) is 36.4 Å². The fraction of sp³-hybridized carbons (Fsp3) is 0.188. The topological polar surface area (TPSA) is 49.3 Å². The van der Waals surface area contributed by atoms with Crippen LogP contribution >= 0.6 is 0 Å². The molecule has 0 fully saturated rings. The van der Waals surface area contributed by atoms with E-state index in [1.807, 2.05) is 48.5 Å². The Labute approximate surface area is 112 Å². The molecule has 19 heavy (non-hydrogen) atoms. The Morgan fingerprint density at radius 1 is 1.00 bits per heavy atom. The van der Waals surface area contributed by atoms with Crippen LogP contribution in [0.15, 0.2) is 48.5 Å². The van der Waals surface area contributed by atoms with Crippen LogP contribution in [0.1, 0.15) is 17.3 Å². The van der Waals surface area contributed by atoms with Crippen molar-refractivity contribution in [2.45, 2.75) is 6.92 Å². The molecule has 0 aromatic heterocycles. The van der Waals surface area contributed by atoms with Gasteiger partial charge in [0.1, 0.15) is 0 Å². The number of rotatable bonds is 5. The predicted molar refractivity (Wildman–Crippen MR) is 77.5 cm³/mol. The Kier molecular flexibility index (Phi) is 4.31. The number of hydrogen-bond donors (Lipinski definition) is 2. The van der Waals surface area contributed by atoms with E-state index in [2.05, 4.69) is 5.32 Å². The zero-order chi connectivity index (χ0) is 13.7. The van der Waals surface area contributed by atoms with E-state index in [1.54, 1.807) is 6.92 Å². The lowest BCUT2D eigenvalue weighted by molar-refractivity contribution is 0.101. The molecule has 0 spiro atoms. The van der Waals surface area contributed by atoms with Crippen molar-refractivity contribution >= 4 is 11.5 Å². The largest absolute Gasteiger partial charge is 0.395 e. The van der Waals surface area contributed by atoms with E-state index >= 15 is 0 Å². The number of anilines is 1. The Morgan fingerprint density at radius 3 is 2.00 bits per heavy atom. The number of nitrogens with one attached hydrogen (secondary N) is 1. The molecule has 0 aliphatic rings. The van der Waals surface area contributed by atoms with E-state index in [0.29, 0.717) is 6.54 Å². The third-order valence-electron chi connectivity index (χ3n) is 2.95. The predicted octanol–water partition coefficient (Wildman–Crippen LogP) is 2.96. The summed E-state index contributed by atoms with van der Waals surface area (Å²) in [5.41, 5.74) is 3.89. The number of carbonyl (C=O) groups is 1. The van der Waals surface area contributed by atoms with Crippen LogP contribution in [0.25, 0.3) is 11.1 Å². The Balaban J connectivity index is 2.15. The van der Waals surface area contributed by atoms with Crippen LogP contribution in [0.3, 0.4) is 0 Å². The van der Waals surface area contributed by atoms with E-state index in [1.165, 1.54) is 0 Å². The summed E-state index contributed by atoms with van der Waals surface area (Å²) in [4.78, 5) is 11.2. The monoisotopic (exact) mass is 255 g/mol. The standard InChI is InChI=1S/C16H17NO2/c1-12(19)13-2-4-14(5-3-13)15-6-8-16(9-7-15)17-10-11-18/h2-9,17-18H,10-11H2,1H3. The Morgan fingerprint density at radius 2 is 1.53 bits per heavy atom. The lowest BCUT2D eigenvalue weighted by atomic mass is 10.0. The molecule has 98 valence electrons. The average Bonchev–Trinajstić information content (AvgIpc) is 2.46. The minimum absolute atomic E-state index is 0.0788. The Bertz CT molecular complexity index is 544. The number of benzene rings is 2. The van der Waals surface area contributed by atoms with E-state index in [4.69, 9.17) is 5.11 Å². The van der Waals surface area contributed by atoms with Gasteiger partial charge in [0.15, 0.2) is 5.78 Å². The van der Waals surface area contributed by atoms with Crippen molar-refractivity contribution < 1.29 is 9.90 Å². The third kappa shape index (κ3) is 3.42. The van der Waals surface area contributed by atoms with Gasteiger partial charge >= 0.3 is 0 Å². The zero-order valence-electron chi connectivity index (χ0n) is 10.9. The lowest BCUT2D eigenvalue weighted by Gasteiger charge is -2.06. The first-order chi connectivity index (χ1) is 9.20. The van der Waals surface area contributed by atoms with E-state index in [0.717, 1.165) is 22.4 Å². The normalized spacial score (nSPS) is 10.2. The third-order valence-corrected chi connectivity index (χ3v) is 2.95. The maximum absolute atomic E-state index is 11.2. The molecule has 2 aromatic carbocycles. The van der Waals surface area contributed by atoms with Crippen molar-refractivity contribution in [3.8, 4) is 11.1 Å². The fourth-order valence-electron chi connectivity index (χ4n) is 1.88. The molecular weight excluding hydrogens is 238 g/mol. The van der Waals surface area contributed by atoms with Gasteiger partial charge in [0.05, 0.1) is 6.61 Å². The van der Waals surface area contributed by atoms with Gasteiger partial charge < -0.3 is 10.4 Å². The van der Waals surface area contributed by atoms with Gasteiger partial charge in [-0.25, -0.2) is 0 Å². The molecule has 3 heteroatoms. The second-order valence-corrected chi connectivity index (χ2v) is 4.36. The molecule has 2 N–H and O–H groups in total. The van der Waals surface area contributed by atoms with E-state index in [9.17, 15) is 4.79 Å². The highest BCUT2D eigenvalue weighted by atomic mass is 16.3. The number of aliphatic hydroxyl groups excluding tert-OH is 1. The van der Waals surface area contributed by atoms with Crippen LogP contribution < -0.4 is 5.32 Å². The van der Waals surface area contributed by atoms with Crippen LogP contribution in [-0.2, 0) is 0 Å². The lowest BCUT2D eigenvalue weighted by Crippen LogP contribution is -2.04. The quantitative estimate of drug-likeness (QED) is 0.808. The van der Waals surface area contributed by atoms with Gasteiger partial charge in [-0.15, -0.1) is 0 Å². The summed E-state index contributed by atoms with van der Waals surface area (Å²) >= 11 is 0. The first-order valence-corrected chi connectivity index (χ1v) is 6.27. The maximum Gasteiger partial charge on any atom is 0.159 e. The van der Waals surface area contributed by atoms with Gasteiger partial charge in [-0.3, -0.25) is 4.79 Å². The number of aliphatic hydroxyl groups is 1. The number of hydrogen-bond acceptors (Lipinski definition) is 3. The van der Waals surface area contributed by atoms with Crippen LogP contribution in [0.5, 0.6) is 0 Å². The minimum atomic E-state index is 0.0788. The molecule has 0 radical (unpaired) electrons. The molecule has 0 atom stereocenters. The van der Waals surface area contributed by atoms with Gasteiger partial charge in [0.2, 0.25) is 0 Å². The summed E-state index contributed by atoms with van der Waals surface area (Å²) in [6.45, 7) is 2.23. The number of Topliss-reactive ketones (excluding diaryl/α,β-unsaturated/α-hetero) is 1. The Hall–Kier alpha value is -2.13. The molecule has 0 heterocycles. The highest BCUT2D eigenvalue weighted by Crippen LogP contribution is 2.22. The molecule has 0 saturated heterocycles. The van der Waals surface area contributed by atoms with E-state index in [-0.39, 0.29) is 12.4 Å². The summed E-state index contributed by atoms with van der Waals surface area (Å²) in [5.74, 6) is 0.0788. The summed E-state index contributed by atoms with van der Waals surface area (Å²) < 4.78 is 0. The highest BCUT2D eigenvalue weighted by Gasteiger charge is 2.01. The van der Waals surface area contributed by atoms with Crippen molar-refractivity contribution in [1.82, 2.24) is 0 Å². The fourth-order valence-corrected chi connectivity index (χ4v) is 1.88. The summed E-state index contributed by atoms with van der Waals surface area (Å²) in [5, 5.41) is 11.8. The van der Waals surface area contributed by atoms with Crippen LogP contribution in [0.2, 0.25) is 0 Å². The van der Waals surface area contributed by atoms with Crippen molar-refractivity contribution in [2.24, 2.45) is 0 Å². The molecule has 2 rings (SSSR count). The van der Waals surface area contributed by atoms with Gasteiger partial charge in [-0.05, 0) is 30.2 Å². The molecule has 0 saturated carbocycles. The summed E-state index contributed by atoms with van der Waals surface area (Å²) in [6.07, 6.45) is 0. The van der Waals surface area contributed by atoms with Crippen LogP contribution in [-0.4, -0.2) is 24.0 Å².